The number of amides is 1. The van der Waals surface area contributed by atoms with Gasteiger partial charge in [-0.25, -0.2) is 0 Å². The lowest BCUT2D eigenvalue weighted by Gasteiger charge is -2.20. The van der Waals surface area contributed by atoms with Crippen LogP contribution in [0, 0.1) is 17.2 Å². The van der Waals surface area contributed by atoms with Gasteiger partial charge >= 0.3 is 0 Å². The number of benzene rings is 2. The lowest BCUT2D eigenvalue weighted by Crippen LogP contribution is -2.31. The maximum atomic E-state index is 12.8. The van der Waals surface area contributed by atoms with Crippen LogP contribution in [0.2, 0.25) is 0 Å². The third kappa shape index (κ3) is 4.39. The van der Waals surface area contributed by atoms with Gasteiger partial charge in [-0.2, -0.15) is 5.26 Å². The van der Waals surface area contributed by atoms with E-state index in [0.29, 0.717) is 28.5 Å². The molecule has 1 fully saturated rings. The van der Waals surface area contributed by atoms with Crippen LogP contribution < -0.4 is 4.74 Å². The van der Waals surface area contributed by atoms with Crippen molar-refractivity contribution >= 4 is 5.91 Å². The first-order valence-electron chi connectivity index (χ1n) is 8.73. The first-order valence-corrected chi connectivity index (χ1v) is 8.73. The molecule has 1 heterocycles. The molecular formula is C21H22N2O2. The Labute approximate surface area is 148 Å². The van der Waals surface area contributed by atoms with E-state index in [4.69, 9.17) is 10.00 Å². The maximum Gasteiger partial charge on any atom is 0.253 e. The molecule has 0 bridgehead atoms. The lowest BCUT2D eigenvalue weighted by molar-refractivity contribution is 0.0760. The lowest BCUT2D eigenvalue weighted by atomic mass is 10.0. The molecule has 2 aromatic rings. The number of carbonyl (C=O) groups is 1. The van der Waals surface area contributed by atoms with Gasteiger partial charge < -0.3 is 9.64 Å². The molecule has 1 atom stereocenters. The number of rotatable bonds is 3. The molecule has 0 aromatic heterocycles. The van der Waals surface area contributed by atoms with Gasteiger partial charge in [0.25, 0.3) is 5.91 Å². The summed E-state index contributed by atoms with van der Waals surface area (Å²) in [5.74, 6) is 2.02. The van der Waals surface area contributed by atoms with E-state index in [1.807, 2.05) is 23.1 Å². The van der Waals surface area contributed by atoms with Gasteiger partial charge in [0.15, 0.2) is 0 Å². The van der Waals surface area contributed by atoms with Crippen LogP contribution in [0.15, 0.2) is 48.5 Å². The smallest absolute Gasteiger partial charge is 0.253 e. The largest absolute Gasteiger partial charge is 0.457 e. The number of hydrogen-bond donors (Lipinski definition) is 0. The zero-order valence-electron chi connectivity index (χ0n) is 14.4. The fraction of sp³-hybridized carbons (Fsp3) is 0.333. The van der Waals surface area contributed by atoms with Gasteiger partial charge in [-0.05, 0) is 67.6 Å². The molecule has 25 heavy (non-hydrogen) atoms. The van der Waals surface area contributed by atoms with E-state index in [0.717, 1.165) is 25.9 Å². The number of nitriles is 1. The minimum Gasteiger partial charge on any atom is -0.457 e. The zero-order valence-corrected chi connectivity index (χ0v) is 14.4. The van der Waals surface area contributed by atoms with E-state index < -0.39 is 0 Å². The van der Waals surface area contributed by atoms with E-state index in [9.17, 15) is 4.79 Å². The first-order chi connectivity index (χ1) is 12.2. The fourth-order valence-corrected chi connectivity index (χ4v) is 3.07. The van der Waals surface area contributed by atoms with Crippen molar-refractivity contribution in [2.45, 2.75) is 26.2 Å². The normalized spacial score (nSPS) is 17.4. The Kier molecular flexibility index (Phi) is 5.35. The molecule has 3 rings (SSSR count). The molecule has 128 valence electrons. The molecule has 1 amide bonds. The number of ether oxygens (including phenoxy) is 1. The van der Waals surface area contributed by atoms with E-state index in [1.54, 1.807) is 30.3 Å². The van der Waals surface area contributed by atoms with Gasteiger partial charge in [0, 0.05) is 18.7 Å². The van der Waals surface area contributed by atoms with Crippen LogP contribution in [0.3, 0.4) is 0 Å². The second kappa shape index (κ2) is 7.85. The van der Waals surface area contributed by atoms with Crippen molar-refractivity contribution in [2.24, 2.45) is 5.92 Å². The Morgan fingerprint density at radius 2 is 1.92 bits per heavy atom. The molecule has 0 N–H and O–H groups in total. The van der Waals surface area contributed by atoms with Gasteiger partial charge in [-0.15, -0.1) is 0 Å². The Morgan fingerprint density at radius 3 is 2.68 bits per heavy atom. The Hall–Kier alpha value is -2.80. The first kappa shape index (κ1) is 17.0. The summed E-state index contributed by atoms with van der Waals surface area (Å²) in [6.45, 7) is 3.89. The van der Waals surface area contributed by atoms with Crippen molar-refractivity contribution in [1.82, 2.24) is 4.90 Å². The van der Waals surface area contributed by atoms with Crippen LogP contribution in [-0.2, 0) is 0 Å². The zero-order chi connectivity index (χ0) is 17.6. The van der Waals surface area contributed by atoms with Gasteiger partial charge in [0.1, 0.15) is 11.5 Å². The molecule has 1 saturated heterocycles. The third-order valence-corrected chi connectivity index (χ3v) is 4.60. The summed E-state index contributed by atoms with van der Waals surface area (Å²) >= 11 is 0. The Morgan fingerprint density at radius 1 is 1.12 bits per heavy atom. The molecule has 0 saturated carbocycles. The van der Waals surface area contributed by atoms with Gasteiger partial charge in [-0.1, -0.05) is 13.0 Å². The summed E-state index contributed by atoms with van der Waals surface area (Å²) in [6.07, 6.45) is 3.31. The molecular weight excluding hydrogens is 312 g/mol. The van der Waals surface area contributed by atoms with Crippen LogP contribution in [0.1, 0.15) is 42.1 Å². The van der Waals surface area contributed by atoms with Crippen molar-refractivity contribution in [3.8, 4) is 17.6 Å². The minimum absolute atomic E-state index is 0.0689. The fourth-order valence-electron chi connectivity index (χ4n) is 3.07. The van der Waals surface area contributed by atoms with Crippen molar-refractivity contribution in [2.75, 3.05) is 13.1 Å². The summed E-state index contributed by atoms with van der Waals surface area (Å²) in [4.78, 5) is 14.7. The standard InChI is InChI=1S/C21H22N2O2/c1-16-4-3-12-23(13-11-16)21(24)18-5-2-6-20(14-18)25-19-9-7-17(15-22)8-10-19/h2,5-10,14,16H,3-4,11-13H2,1H3. The predicted molar refractivity (Wildman–Crippen MR) is 96.6 cm³/mol. The van der Waals surface area contributed by atoms with Gasteiger partial charge in [-0.3, -0.25) is 4.79 Å². The highest BCUT2D eigenvalue weighted by molar-refractivity contribution is 5.94. The van der Waals surface area contributed by atoms with E-state index in [2.05, 4.69) is 13.0 Å². The van der Waals surface area contributed by atoms with Crippen LogP contribution >= 0.6 is 0 Å². The molecule has 0 radical (unpaired) electrons. The highest BCUT2D eigenvalue weighted by Gasteiger charge is 2.20. The number of likely N-dealkylation sites (tertiary alicyclic amines) is 1. The average Bonchev–Trinajstić information content (AvgIpc) is 2.86. The van der Waals surface area contributed by atoms with Crippen molar-refractivity contribution in [3.05, 3.63) is 59.7 Å². The molecule has 1 aliphatic heterocycles. The number of nitrogens with zero attached hydrogens (tertiary/aromatic N) is 2. The molecule has 0 aliphatic carbocycles. The van der Waals surface area contributed by atoms with E-state index >= 15 is 0 Å². The van der Waals surface area contributed by atoms with Crippen molar-refractivity contribution in [1.29, 1.82) is 5.26 Å². The van der Waals surface area contributed by atoms with E-state index in [-0.39, 0.29) is 5.91 Å². The number of hydrogen-bond acceptors (Lipinski definition) is 3. The summed E-state index contributed by atoms with van der Waals surface area (Å²) in [7, 11) is 0. The number of carbonyl (C=O) groups excluding carboxylic acids is 1. The third-order valence-electron chi connectivity index (χ3n) is 4.60. The summed E-state index contributed by atoms with van der Waals surface area (Å²) in [5, 5.41) is 8.84. The average molecular weight is 334 g/mol. The van der Waals surface area contributed by atoms with Crippen LogP contribution in [0.25, 0.3) is 0 Å². The predicted octanol–water partition coefficient (Wildman–Crippen LogP) is 4.61. The van der Waals surface area contributed by atoms with Gasteiger partial charge in [0.2, 0.25) is 0 Å². The highest BCUT2D eigenvalue weighted by Crippen LogP contribution is 2.24. The van der Waals surface area contributed by atoms with Gasteiger partial charge in [0.05, 0.1) is 11.6 Å². The second-order valence-electron chi connectivity index (χ2n) is 6.59. The maximum absolute atomic E-state index is 12.8. The molecule has 2 aromatic carbocycles. The van der Waals surface area contributed by atoms with Crippen LogP contribution in [0.4, 0.5) is 0 Å². The highest BCUT2D eigenvalue weighted by atomic mass is 16.5. The molecule has 1 aliphatic rings. The minimum atomic E-state index is 0.0689. The summed E-state index contributed by atoms with van der Waals surface area (Å²) in [6, 6.07) is 16.3. The Bertz CT molecular complexity index is 777. The molecule has 4 heteroatoms. The quantitative estimate of drug-likeness (QED) is 0.823. The van der Waals surface area contributed by atoms with Crippen LogP contribution in [0.5, 0.6) is 11.5 Å². The molecule has 0 spiro atoms. The SMILES string of the molecule is CC1CCCN(C(=O)c2cccc(Oc3ccc(C#N)cc3)c2)CC1. The second-order valence-corrected chi connectivity index (χ2v) is 6.59. The van der Waals surface area contributed by atoms with Crippen LogP contribution in [-0.4, -0.2) is 23.9 Å². The summed E-state index contributed by atoms with van der Waals surface area (Å²) in [5.41, 5.74) is 1.24. The monoisotopic (exact) mass is 334 g/mol. The topological polar surface area (TPSA) is 53.3 Å². The molecule has 4 nitrogen and oxygen atoms in total. The van der Waals surface area contributed by atoms with Crippen molar-refractivity contribution in [3.63, 3.8) is 0 Å². The van der Waals surface area contributed by atoms with Crippen molar-refractivity contribution < 1.29 is 9.53 Å². The Balaban J connectivity index is 1.72. The summed E-state index contributed by atoms with van der Waals surface area (Å²) < 4.78 is 5.82. The van der Waals surface area contributed by atoms with E-state index in [1.165, 1.54) is 6.42 Å². The molecule has 1 unspecified atom stereocenters.